The van der Waals surface area contributed by atoms with Gasteiger partial charge in [-0.05, 0) is 38.2 Å². The first-order chi connectivity index (χ1) is 11.7. The smallest absolute Gasteiger partial charge is 0.243 e. The first-order valence-corrected chi connectivity index (χ1v) is 9.13. The quantitative estimate of drug-likeness (QED) is 0.253. The van der Waals surface area contributed by atoms with Crippen LogP contribution in [0.3, 0.4) is 0 Å². The third kappa shape index (κ3) is 17.0. The summed E-state index contributed by atoms with van der Waals surface area (Å²) in [7, 11) is 0. The number of aliphatic hydroxyl groups excluding tert-OH is 2. The molecule has 0 unspecified atom stereocenters. The number of rotatable bonds is 16. The van der Waals surface area contributed by atoms with Gasteiger partial charge in [0.25, 0.3) is 0 Å². The number of allylic oxidation sites excluding steroid dienone is 1. The maximum absolute atomic E-state index is 11.4. The van der Waals surface area contributed by atoms with Crippen molar-refractivity contribution in [3.8, 4) is 0 Å². The van der Waals surface area contributed by atoms with Gasteiger partial charge in [-0.2, -0.15) is 0 Å². The monoisotopic (exact) mass is 342 g/mol. The van der Waals surface area contributed by atoms with E-state index in [1.807, 2.05) is 6.08 Å². The highest BCUT2D eigenvalue weighted by Crippen LogP contribution is 2.08. The van der Waals surface area contributed by atoms with Crippen molar-refractivity contribution < 1.29 is 19.8 Å². The lowest BCUT2D eigenvalue weighted by Gasteiger charge is -2.04. The SMILES string of the molecule is O=C(C=CCCCCCCCCC(=O)NCCCO)NCCCO. The molecular weight excluding hydrogens is 308 g/mol. The van der Waals surface area contributed by atoms with E-state index < -0.39 is 0 Å². The zero-order valence-electron chi connectivity index (χ0n) is 14.8. The second-order valence-corrected chi connectivity index (χ2v) is 5.86. The molecule has 0 aliphatic carbocycles. The van der Waals surface area contributed by atoms with E-state index in [9.17, 15) is 9.59 Å². The zero-order chi connectivity index (χ0) is 17.9. The summed E-state index contributed by atoms with van der Waals surface area (Å²) in [5, 5.41) is 22.7. The van der Waals surface area contributed by atoms with Crippen molar-refractivity contribution in [1.29, 1.82) is 0 Å². The predicted octanol–water partition coefficient (Wildman–Crippen LogP) is 1.66. The van der Waals surface area contributed by atoms with E-state index in [1.165, 1.54) is 0 Å². The van der Waals surface area contributed by atoms with E-state index in [4.69, 9.17) is 10.2 Å². The fourth-order valence-electron chi connectivity index (χ4n) is 2.19. The Labute approximate surface area is 145 Å². The number of carbonyl (C=O) groups excluding carboxylic acids is 2. The first kappa shape index (κ1) is 22.6. The van der Waals surface area contributed by atoms with Crippen LogP contribution in [0.15, 0.2) is 12.2 Å². The molecule has 0 rings (SSSR count). The topological polar surface area (TPSA) is 98.7 Å². The van der Waals surface area contributed by atoms with Crippen LogP contribution in [0.2, 0.25) is 0 Å². The molecule has 0 aliphatic heterocycles. The minimum absolute atomic E-state index is 0.0749. The van der Waals surface area contributed by atoms with Crippen molar-refractivity contribution in [2.24, 2.45) is 0 Å². The van der Waals surface area contributed by atoms with Crippen LogP contribution >= 0.6 is 0 Å². The van der Waals surface area contributed by atoms with Crippen molar-refractivity contribution in [3.63, 3.8) is 0 Å². The van der Waals surface area contributed by atoms with Gasteiger partial charge in [0, 0.05) is 32.7 Å². The van der Waals surface area contributed by atoms with Gasteiger partial charge in [-0.1, -0.05) is 31.8 Å². The van der Waals surface area contributed by atoms with Gasteiger partial charge in [-0.15, -0.1) is 0 Å². The summed E-state index contributed by atoms with van der Waals surface area (Å²) in [5.74, 6) is -0.0217. The Morgan fingerprint density at radius 2 is 1.33 bits per heavy atom. The normalized spacial score (nSPS) is 10.9. The molecule has 24 heavy (non-hydrogen) atoms. The van der Waals surface area contributed by atoms with E-state index in [1.54, 1.807) is 6.08 Å². The van der Waals surface area contributed by atoms with Crippen LogP contribution in [-0.2, 0) is 9.59 Å². The van der Waals surface area contributed by atoms with Gasteiger partial charge in [0.1, 0.15) is 0 Å². The molecule has 4 N–H and O–H groups in total. The van der Waals surface area contributed by atoms with E-state index in [2.05, 4.69) is 10.6 Å². The number of nitrogens with one attached hydrogen (secondary N) is 2. The standard InChI is InChI=1S/C18H34N2O4/c21-15-9-13-19-17(23)11-7-5-3-1-2-4-6-8-12-18(24)20-14-10-16-22/h7,11,21-22H,1-6,8-10,12-16H2,(H,19,23)(H,20,24). The Morgan fingerprint density at radius 3 is 2.00 bits per heavy atom. The average Bonchev–Trinajstić information content (AvgIpc) is 2.57. The zero-order valence-corrected chi connectivity index (χ0v) is 14.8. The molecule has 0 aliphatic rings. The maximum Gasteiger partial charge on any atom is 0.243 e. The molecular formula is C18H34N2O4. The van der Waals surface area contributed by atoms with Gasteiger partial charge in [-0.25, -0.2) is 0 Å². The number of unbranched alkanes of at least 4 members (excludes halogenated alkanes) is 6. The van der Waals surface area contributed by atoms with Crippen LogP contribution in [0.25, 0.3) is 0 Å². The van der Waals surface area contributed by atoms with Crippen molar-refractivity contribution in [2.75, 3.05) is 26.3 Å². The molecule has 0 saturated carbocycles. The Balaban J connectivity index is 3.30. The van der Waals surface area contributed by atoms with Crippen LogP contribution in [-0.4, -0.2) is 48.3 Å². The third-order valence-corrected chi connectivity index (χ3v) is 3.59. The molecule has 0 saturated heterocycles. The first-order valence-electron chi connectivity index (χ1n) is 9.13. The van der Waals surface area contributed by atoms with Crippen LogP contribution < -0.4 is 10.6 Å². The second kappa shape index (κ2) is 17.9. The number of aliphatic hydroxyl groups is 2. The molecule has 0 aromatic heterocycles. The molecule has 2 amide bonds. The highest BCUT2D eigenvalue weighted by molar-refractivity contribution is 5.87. The highest BCUT2D eigenvalue weighted by Gasteiger charge is 2.00. The van der Waals surface area contributed by atoms with Gasteiger partial charge in [0.2, 0.25) is 11.8 Å². The number of amides is 2. The molecule has 6 nitrogen and oxygen atoms in total. The minimum atomic E-state index is -0.0966. The summed E-state index contributed by atoms with van der Waals surface area (Å²) >= 11 is 0. The van der Waals surface area contributed by atoms with Gasteiger partial charge in [0.15, 0.2) is 0 Å². The average molecular weight is 342 g/mol. The minimum Gasteiger partial charge on any atom is -0.396 e. The van der Waals surface area contributed by atoms with E-state index in [0.29, 0.717) is 32.4 Å². The molecule has 0 bridgehead atoms. The van der Waals surface area contributed by atoms with E-state index >= 15 is 0 Å². The maximum atomic E-state index is 11.4. The molecule has 0 aromatic carbocycles. The third-order valence-electron chi connectivity index (χ3n) is 3.59. The van der Waals surface area contributed by atoms with E-state index in [0.717, 1.165) is 44.9 Å². The van der Waals surface area contributed by atoms with Crippen molar-refractivity contribution in [2.45, 2.75) is 64.2 Å². The summed E-state index contributed by atoms with van der Waals surface area (Å²) < 4.78 is 0. The lowest BCUT2D eigenvalue weighted by Crippen LogP contribution is -2.24. The molecule has 6 heteroatoms. The Kier molecular flexibility index (Phi) is 16.9. The van der Waals surface area contributed by atoms with Gasteiger partial charge in [-0.3, -0.25) is 9.59 Å². The van der Waals surface area contributed by atoms with Crippen LogP contribution in [0.1, 0.15) is 64.2 Å². The molecule has 0 aromatic rings. The lowest BCUT2D eigenvalue weighted by atomic mass is 10.1. The molecule has 0 radical (unpaired) electrons. The highest BCUT2D eigenvalue weighted by atomic mass is 16.3. The Bertz CT molecular complexity index is 346. The number of carbonyl (C=O) groups is 2. The van der Waals surface area contributed by atoms with Gasteiger partial charge >= 0.3 is 0 Å². The molecule has 0 fully saturated rings. The van der Waals surface area contributed by atoms with Crippen molar-refractivity contribution >= 4 is 11.8 Å². The number of hydrogen-bond donors (Lipinski definition) is 4. The van der Waals surface area contributed by atoms with Gasteiger partial charge < -0.3 is 20.8 Å². The van der Waals surface area contributed by atoms with Crippen LogP contribution in [0, 0.1) is 0 Å². The summed E-state index contributed by atoms with van der Waals surface area (Å²) in [6.07, 6.45) is 12.6. The Hall–Kier alpha value is -1.40. The summed E-state index contributed by atoms with van der Waals surface area (Å²) in [5.41, 5.74) is 0. The summed E-state index contributed by atoms with van der Waals surface area (Å²) in [4.78, 5) is 22.8. The molecule has 0 spiro atoms. The van der Waals surface area contributed by atoms with Crippen molar-refractivity contribution in [3.05, 3.63) is 12.2 Å². The largest absolute Gasteiger partial charge is 0.396 e. The van der Waals surface area contributed by atoms with E-state index in [-0.39, 0.29) is 25.0 Å². The summed E-state index contributed by atoms with van der Waals surface area (Å²) in [6.45, 7) is 1.28. The lowest BCUT2D eigenvalue weighted by molar-refractivity contribution is -0.121. The second-order valence-electron chi connectivity index (χ2n) is 5.86. The number of hydrogen-bond acceptors (Lipinski definition) is 4. The fraction of sp³-hybridized carbons (Fsp3) is 0.778. The molecule has 0 atom stereocenters. The molecule has 140 valence electrons. The fourth-order valence-corrected chi connectivity index (χ4v) is 2.19. The van der Waals surface area contributed by atoms with Crippen LogP contribution in [0.4, 0.5) is 0 Å². The summed E-state index contributed by atoms with van der Waals surface area (Å²) in [6, 6.07) is 0. The predicted molar refractivity (Wildman–Crippen MR) is 95.5 cm³/mol. The van der Waals surface area contributed by atoms with Gasteiger partial charge in [0.05, 0.1) is 0 Å². The van der Waals surface area contributed by atoms with Crippen molar-refractivity contribution in [1.82, 2.24) is 10.6 Å². The Morgan fingerprint density at radius 1 is 0.750 bits per heavy atom. The van der Waals surface area contributed by atoms with Crippen LogP contribution in [0.5, 0.6) is 0 Å². The molecule has 0 heterocycles.